The van der Waals surface area contributed by atoms with Crippen LogP contribution in [0, 0.1) is 11.2 Å². The molecule has 2 aromatic rings. The summed E-state index contributed by atoms with van der Waals surface area (Å²) in [6.07, 6.45) is 3.15. The maximum atomic E-state index is 13.1. The molecule has 1 aromatic carbocycles. The van der Waals surface area contributed by atoms with Crippen LogP contribution in [0.1, 0.15) is 29.8 Å². The number of hydrogen-bond acceptors (Lipinski definition) is 4. The standard InChI is InChI=1S/C19H21FN4O2/c20-14-1-3-15(4-2-14)24-17(25)6-5-16(22-24)18(26)23-11-8-19(9-12-23)7-10-21-13-19/h1-6,21H,7-13H2. The Morgan fingerprint density at radius 3 is 2.46 bits per heavy atom. The zero-order chi connectivity index (χ0) is 18.1. The third-order valence-corrected chi connectivity index (χ3v) is 5.53. The van der Waals surface area contributed by atoms with Crippen molar-refractivity contribution >= 4 is 5.91 Å². The molecule has 4 rings (SSSR count). The third-order valence-electron chi connectivity index (χ3n) is 5.53. The number of rotatable bonds is 2. The highest BCUT2D eigenvalue weighted by Gasteiger charge is 2.38. The van der Waals surface area contributed by atoms with Crippen molar-refractivity contribution in [1.29, 1.82) is 0 Å². The van der Waals surface area contributed by atoms with E-state index in [2.05, 4.69) is 10.4 Å². The summed E-state index contributed by atoms with van der Waals surface area (Å²) in [5.74, 6) is -0.556. The van der Waals surface area contributed by atoms with Gasteiger partial charge in [-0.3, -0.25) is 9.59 Å². The number of hydrogen-bond donors (Lipinski definition) is 1. The number of benzene rings is 1. The molecule has 1 spiro atoms. The van der Waals surface area contributed by atoms with Crippen molar-refractivity contribution in [3.05, 3.63) is 58.3 Å². The Kier molecular flexibility index (Phi) is 4.32. The minimum atomic E-state index is -0.391. The van der Waals surface area contributed by atoms with E-state index in [0.717, 1.165) is 30.6 Å². The third kappa shape index (κ3) is 3.14. The summed E-state index contributed by atoms with van der Waals surface area (Å²) in [5, 5.41) is 7.63. The monoisotopic (exact) mass is 356 g/mol. The number of likely N-dealkylation sites (tertiary alicyclic amines) is 1. The Bertz CT molecular complexity index is 862. The molecule has 0 bridgehead atoms. The molecular weight excluding hydrogens is 335 g/mol. The summed E-state index contributed by atoms with van der Waals surface area (Å²) in [5.41, 5.74) is 0.634. The first-order chi connectivity index (χ1) is 12.6. The van der Waals surface area contributed by atoms with Gasteiger partial charge >= 0.3 is 0 Å². The van der Waals surface area contributed by atoms with Crippen LogP contribution in [0.5, 0.6) is 0 Å². The predicted molar refractivity (Wildman–Crippen MR) is 94.8 cm³/mol. The molecule has 0 saturated carbocycles. The average molecular weight is 356 g/mol. The Morgan fingerprint density at radius 1 is 1.08 bits per heavy atom. The molecule has 2 aliphatic heterocycles. The fourth-order valence-corrected chi connectivity index (χ4v) is 3.86. The first-order valence-corrected chi connectivity index (χ1v) is 8.93. The van der Waals surface area contributed by atoms with Gasteiger partial charge in [0.2, 0.25) is 0 Å². The van der Waals surface area contributed by atoms with Gasteiger partial charge < -0.3 is 10.2 Å². The molecule has 26 heavy (non-hydrogen) atoms. The van der Waals surface area contributed by atoms with Gasteiger partial charge in [-0.1, -0.05) is 0 Å². The maximum absolute atomic E-state index is 13.1. The molecule has 2 aliphatic rings. The van der Waals surface area contributed by atoms with Gasteiger partial charge in [-0.25, -0.2) is 4.39 Å². The zero-order valence-electron chi connectivity index (χ0n) is 14.4. The van der Waals surface area contributed by atoms with E-state index >= 15 is 0 Å². The number of nitrogens with one attached hydrogen (secondary N) is 1. The Morgan fingerprint density at radius 2 is 1.81 bits per heavy atom. The van der Waals surface area contributed by atoms with Gasteiger partial charge in [0, 0.05) is 25.7 Å². The molecule has 0 radical (unpaired) electrons. The molecular formula is C19H21FN4O2. The fraction of sp³-hybridized carbons (Fsp3) is 0.421. The van der Waals surface area contributed by atoms with Gasteiger partial charge in [0.05, 0.1) is 5.69 Å². The molecule has 2 fully saturated rings. The van der Waals surface area contributed by atoms with Crippen LogP contribution in [-0.4, -0.2) is 46.8 Å². The van der Waals surface area contributed by atoms with E-state index in [4.69, 9.17) is 0 Å². The summed E-state index contributed by atoms with van der Waals surface area (Å²) >= 11 is 0. The van der Waals surface area contributed by atoms with Gasteiger partial charge in [0.1, 0.15) is 11.5 Å². The maximum Gasteiger partial charge on any atom is 0.274 e. The van der Waals surface area contributed by atoms with Crippen LogP contribution in [0.15, 0.2) is 41.2 Å². The zero-order valence-corrected chi connectivity index (χ0v) is 14.4. The molecule has 1 N–H and O–H groups in total. The summed E-state index contributed by atoms with van der Waals surface area (Å²) in [7, 11) is 0. The van der Waals surface area contributed by atoms with Crippen LogP contribution >= 0.6 is 0 Å². The van der Waals surface area contributed by atoms with Crippen molar-refractivity contribution in [2.75, 3.05) is 26.2 Å². The molecule has 3 heterocycles. The molecule has 7 heteroatoms. The largest absolute Gasteiger partial charge is 0.337 e. The first-order valence-electron chi connectivity index (χ1n) is 8.93. The van der Waals surface area contributed by atoms with E-state index < -0.39 is 5.82 Å². The second kappa shape index (κ2) is 6.64. The molecule has 0 atom stereocenters. The normalized spacial score (nSPS) is 19.0. The van der Waals surface area contributed by atoms with E-state index in [-0.39, 0.29) is 17.2 Å². The van der Waals surface area contributed by atoms with Crippen LogP contribution in [-0.2, 0) is 0 Å². The van der Waals surface area contributed by atoms with Crippen molar-refractivity contribution in [3.63, 3.8) is 0 Å². The van der Waals surface area contributed by atoms with Crippen molar-refractivity contribution in [1.82, 2.24) is 20.0 Å². The average Bonchev–Trinajstić information content (AvgIpc) is 3.11. The number of halogens is 1. The second-order valence-electron chi connectivity index (χ2n) is 7.16. The van der Waals surface area contributed by atoms with Crippen molar-refractivity contribution in [2.45, 2.75) is 19.3 Å². The van der Waals surface area contributed by atoms with Gasteiger partial charge in [0.25, 0.3) is 11.5 Å². The number of nitrogens with zero attached hydrogens (tertiary/aromatic N) is 3. The Balaban J connectivity index is 1.54. The SMILES string of the molecule is O=C(c1ccc(=O)n(-c2ccc(F)cc2)n1)N1CCC2(CCNC2)CC1. The fourth-order valence-electron chi connectivity index (χ4n) is 3.86. The van der Waals surface area contributed by atoms with E-state index in [1.165, 1.54) is 42.8 Å². The highest BCUT2D eigenvalue weighted by molar-refractivity contribution is 5.92. The Labute approximate surface area is 150 Å². The molecule has 0 unspecified atom stereocenters. The number of carbonyl (C=O) groups is 1. The van der Waals surface area contributed by atoms with Crippen molar-refractivity contribution in [2.24, 2.45) is 5.41 Å². The molecule has 2 saturated heterocycles. The van der Waals surface area contributed by atoms with E-state index in [0.29, 0.717) is 24.2 Å². The lowest BCUT2D eigenvalue weighted by atomic mass is 9.78. The number of amides is 1. The quantitative estimate of drug-likeness (QED) is 0.887. The lowest BCUT2D eigenvalue weighted by Crippen LogP contribution is -2.44. The minimum Gasteiger partial charge on any atom is -0.337 e. The molecule has 1 aromatic heterocycles. The number of piperidine rings is 1. The smallest absolute Gasteiger partial charge is 0.274 e. The highest BCUT2D eigenvalue weighted by Crippen LogP contribution is 2.37. The number of aromatic nitrogens is 2. The molecule has 136 valence electrons. The lowest BCUT2D eigenvalue weighted by molar-refractivity contribution is 0.0600. The Hall–Kier alpha value is -2.54. The number of carbonyl (C=O) groups excluding carboxylic acids is 1. The summed E-state index contributed by atoms with van der Waals surface area (Å²) in [6.45, 7) is 3.50. The van der Waals surface area contributed by atoms with E-state index in [1.807, 2.05) is 4.90 Å². The minimum absolute atomic E-state index is 0.165. The van der Waals surface area contributed by atoms with Crippen molar-refractivity contribution in [3.8, 4) is 5.69 Å². The van der Waals surface area contributed by atoms with Gasteiger partial charge in [-0.2, -0.15) is 9.78 Å². The van der Waals surface area contributed by atoms with Gasteiger partial charge in [0.15, 0.2) is 0 Å². The predicted octanol–water partition coefficient (Wildman–Crippen LogP) is 1.59. The molecule has 0 aliphatic carbocycles. The molecule has 1 amide bonds. The first kappa shape index (κ1) is 16.9. The van der Waals surface area contributed by atoms with Gasteiger partial charge in [-0.15, -0.1) is 0 Å². The van der Waals surface area contributed by atoms with Gasteiger partial charge in [-0.05, 0) is 61.6 Å². The van der Waals surface area contributed by atoms with Crippen LogP contribution in [0.2, 0.25) is 0 Å². The lowest BCUT2D eigenvalue weighted by Gasteiger charge is -2.38. The summed E-state index contributed by atoms with van der Waals surface area (Å²) < 4.78 is 14.2. The second-order valence-corrected chi connectivity index (χ2v) is 7.16. The van der Waals surface area contributed by atoms with Crippen LogP contribution < -0.4 is 10.9 Å². The topological polar surface area (TPSA) is 67.2 Å². The highest BCUT2D eigenvalue weighted by atomic mass is 19.1. The van der Waals surface area contributed by atoms with E-state index in [1.54, 1.807) is 0 Å². The van der Waals surface area contributed by atoms with Crippen LogP contribution in [0.4, 0.5) is 4.39 Å². The van der Waals surface area contributed by atoms with Crippen LogP contribution in [0.25, 0.3) is 5.69 Å². The summed E-state index contributed by atoms with van der Waals surface area (Å²) in [4.78, 5) is 26.7. The van der Waals surface area contributed by atoms with Crippen LogP contribution in [0.3, 0.4) is 0 Å². The van der Waals surface area contributed by atoms with Crippen molar-refractivity contribution < 1.29 is 9.18 Å². The molecule has 6 nitrogen and oxygen atoms in total. The summed E-state index contributed by atoms with van der Waals surface area (Å²) in [6, 6.07) is 8.25. The van der Waals surface area contributed by atoms with E-state index in [9.17, 15) is 14.0 Å².